The second-order valence-corrected chi connectivity index (χ2v) is 9.71. The highest BCUT2D eigenvalue weighted by atomic mass is 16.5. The largest absolute Gasteiger partial charge is 0.494 e. The summed E-state index contributed by atoms with van der Waals surface area (Å²) in [7, 11) is 0. The Morgan fingerprint density at radius 2 is 1.97 bits per heavy atom. The molecule has 2 N–H and O–H groups in total. The number of aliphatic carboxylic acids is 1. The van der Waals surface area contributed by atoms with E-state index in [2.05, 4.69) is 26.8 Å². The highest BCUT2D eigenvalue weighted by Crippen LogP contribution is 2.41. The van der Waals surface area contributed by atoms with Gasteiger partial charge in [0.1, 0.15) is 12.4 Å². The molecule has 0 heterocycles. The summed E-state index contributed by atoms with van der Waals surface area (Å²) in [5.41, 5.74) is 0.985. The van der Waals surface area contributed by atoms with E-state index in [1.54, 1.807) is 0 Å². The molecule has 1 aromatic rings. The Kier molecular flexibility index (Phi) is 10.9. The number of carboxylic acid groups (broad SMARTS) is 1. The number of ether oxygens (including phenoxy) is 2. The molecule has 2 atom stereocenters. The Balaban J connectivity index is 1.83. The molecule has 1 fully saturated rings. The van der Waals surface area contributed by atoms with Crippen molar-refractivity contribution in [1.29, 1.82) is 0 Å². The van der Waals surface area contributed by atoms with Crippen LogP contribution in [0.3, 0.4) is 0 Å². The summed E-state index contributed by atoms with van der Waals surface area (Å²) in [5, 5.41) is 19.4. The Labute approximate surface area is 198 Å². The topological polar surface area (TPSA) is 76.0 Å². The summed E-state index contributed by atoms with van der Waals surface area (Å²) in [4.78, 5) is 10.6. The third kappa shape index (κ3) is 9.56. The van der Waals surface area contributed by atoms with E-state index in [1.807, 2.05) is 54.6 Å². The van der Waals surface area contributed by atoms with E-state index in [4.69, 9.17) is 14.6 Å². The van der Waals surface area contributed by atoms with Crippen molar-refractivity contribution in [2.24, 2.45) is 10.8 Å². The number of carboxylic acids is 1. The van der Waals surface area contributed by atoms with Crippen molar-refractivity contribution in [3.8, 4) is 5.75 Å². The maximum Gasteiger partial charge on any atom is 0.329 e. The quantitative estimate of drug-likeness (QED) is 0.218. The van der Waals surface area contributed by atoms with E-state index >= 15 is 0 Å². The minimum Gasteiger partial charge on any atom is -0.494 e. The normalized spacial score (nSPS) is 21.6. The molecule has 182 valence electrons. The second kappa shape index (κ2) is 13.4. The zero-order valence-electron chi connectivity index (χ0n) is 20.3. The number of aliphatic hydroxyl groups is 1. The number of allylic oxidation sites excluding steroid dienone is 4. The van der Waals surface area contributed by atoms with Crippen molar-refractivity contribution in [3.63, 3.8) is 0 Å². The highest BCUT2D eigenvalue weighted by Gasteiger charge is 2.28. The van der Waals surface area contributed by atoms with E-state index in [-0.39, 0.29) is 17.4 Å². The summed E-state index contributed by atoms with van der Waals surface area (Å²) in [6.45, 7) is 7.05. The van der Waals surface area contributed by atoms with Gasteiger partial charge in [0.25, 0.3) is 0 Å². The van der Waals surface area contributed by atoms with Gasteiger partial charge < -0.3 is 19.7 Å². The molecule has 2 unspecified atom stereocenters. The standard InChI is InChI=1S/C28H40O5/c1-27(2,17-11-20-33-24-13-5-4-6-14-24)25(29)15-8-10-19-28(3)18-9-7-12-23(28)16-21-32-22-26(30)31/h4-6,8,10,13-16,19,25,29H,7,9,11-12,17-18,20-22H2,1-3H3,(H,30,31)/b15-8+,19-10+,23-16+. The first kappa shape index (κ1) is 26.9. The first-order valence-corrected chi connectivity index (χ1v) is 11.9. The van der Waals surface area contributed by atoms with E-state index in [0.29, 0.717) is 13.2 Å². The van der Waals surface area contributed by atoms with Crippen LogP contribution in [0.5, 0.6) is 5.75 Å². The van der Waals surface area contributed by atoms with Gasteiger partial charge in [0.15, 0.2) is 0 Å². The van der Waals surface area contributed by atoms with Crippen LogP contribution in [0.2, 0.25) is 0 Å². The number of aliphatic hydroxyl groups excluding tert-OH is 1. The van der Waals surface area contributed by atoms with Gasteiger partial charge in [-0.05, 0) is 49.7 Å². The Morgan fingerprint density at radius 1 is 1.21 bits per heavy atom. The molecule has 1 aliphatic carbocycles. The molecule has 5 heteroatoms. The van der Waals surface area contributed by atoms with Crippen LogP contribution < -0.4 is 4.74 Å². The van der Waals surface area contributed by atoms with Gasteiger partial charge in [-0.1, -0.05) is 81.3 Å². The Morgan fingerprint density at radius 3 is 2.70 bits per heavy atom. The minimum atomic E-state index is -0.949. The van der Waals surface area contributed by atoms with Gasteiger partial charge in [-0.25, -0.2) is 4.79 Å². The molecule has 0 spiro atoms. The van der Waals surface area contributed by atoms with Crippen molar-refractivity contribution < 1.29 is 24.5 Å². The molecule has 33 heavy (non-hydrogen) atoms. The predicted molar refractivity (Wildman–Crippen MR) is 132 cm³/mol. The molecule has 0 saturated heterocycles. The fraction of sp³-hybridized carbons (Fsp3) is 0.536. The van der Waals surface area contributed by atoms with Crippen LogP contribution in [0.1, 0.15) is 59.3 Å². The van der Waals surface area contributed by atoms with Crippen LogP contribution in [-0.2, 0) is 9.53 Å². The van der Waals surface area contributed by atoms with Gasteiger partial charge >= 0.3 is 5.97 Å². The lowest BCUT2D eigenvalue weighted by molar-refractivity contribution is -0.141. The molecule has 5 nitrogen and oxygen atoms in total. The summed E-state index contributed by atoms with van der Waals surface area (Å²) >= 11 is 0. The van der Waals surface area contributed by atoms with Crippen LogP contribution in [0, 0.1) is 10.8 Å². The molecule has 1 saturated carbocycles. The molecule has 0 amide bonds. The molecule has 1 aromatic carbocycles. The van der Waals surface area contributed by atoms with Gasteiger partial charge in [-0.15, -0.1) is 0 Å². The molecule has 0 aromatic heterocycles. The van der Waals surface area contributed by atoms with Gasteiger partial charge in [0, 0.05) is 5.41 Å². The number of para-hydroxylation sites is 1. The average Bonchev–Trinajstić information content (AvgIpc) is 2.79. The number of hydrogen-bond donors (Lipinski definition) is 2. The molecular weight excluding hydrogens is 416 g/mol. The zero-order chi connectivity index (χ0) is 24.2. The van der Waals surface area contributed by atoms with Crippen molar-refractivity contribution in [3.05, 3.63) is 66.3 Å². The van der Waals surface area contributed by atoms with Crippen LogP contribution in [0.15, 0.2) is 66.3 Å². The SMILES string of the molecule is CC1(/C=C/C=C/C(O)C(C)(C)CCCOc2ccccc2)CCCC/C1=C\COCC(=O)O. The van der Waals surface area contributed by atoms with Crippen LogP contribution in [0.4, 0.5) is 0 Å². The summed E-state index contributed by atoms with van der Waals surface area (Å²) < 4.78 is 11.0. The van der Waals surface area contributed by atoms with Gasteiger partial charge in [-0.3, -0.25) is 0 Å². The molecule has 0 bridgehead atoms. The van der Waals surface area contributed by atoms with Gasteiger partial charge in [0.2, 0.25) is 0 Å². The molecule has 1 aliphatic rings. The van der Waals surface area contributed by atoms with E-state index in [9.17, 15) is 9.90 Å². The zero-order valence-corrected chi connectivity index (χ0v) is 20.3. The van der Waals surface area contributed by atoms with Crippen LogP contribution in [-0.4, -0.2) is 42.1 Å². The van der Waals surface area contributed by atoms with E-state index in [1.165, 1.54) is 12.0 Å². The maximum absolute atomic E-state index is 10.7. The molecule has 0 radical (unpaired) electrons. The fourth-order valence-electron chi connectivity index (χ4n) is 4.17. The number of benzene rings is 1. The summed E-state index contributed by atoms with van der Waals surface area (Å²) in [6, 6.07) is 9.79. The molecular formula is C28H40O5. The summed E-state index contributed by atoms with van der Waals surface area (Å²) in [6.07, 6.45) is 15.6. The summed E-state index contributed by atoms with van der Waals surface area (Å²) in [5.74, 6) is -0.0750. The van der Waals surface area contributed by atoms with E-state index in [0.717, 1.165) is 37.9 Å². The van der Waals surface area contributed by atoms with Crippen molar-refractivity contribution in [2.75, 3.05) is 19.8 Å². The third-order valence-corrected chi connectivity index (χ3v) is 6.45. The first-order chi connectivity index (χ1) is 15.7. The Bertz CT molecular complexity index is 809. The van der Waals surface area contributed by atoms with Crippen LogP contribution in [0.25, 0.3) is 0 Å². The predicted octanol–water partition coefficient (Wildman–Crippen LogP) is 5.95. The lowest BCUT2D eigenvalue weighted by atomic mass is 9.71. The number of rotatable bonds is 13. The Hall–Kier alpha value is -2.37. The lowest BCUT2D eigenvalue weighted by Crippen LogP contribution is -2.28. The van der Waals surface area contributed by atoms with Gasteiger partial charge in [0.05, 0.1) is 19.3 Å². The van der Waals surface area contributed by atoms with Crippen molar-refractivity contribution in [2.45, 2.75) is 65.4 Å². The molecule has 2 rings (SSSR count). The van der Waals surface area contributed by atoms with E-state index < -0.39 is 12.1 Å². The number of carbonyl (C=O) groups is 1. The number of hydrogen-bond acceptors (Lipinski definition) is 4. The average molecular weight is 457 g/mol. The molecule has 0 aliphatic heterocycles. The van der Waals surface area contributed by atoms with Crippen molar-refractivity contribution >= 4 is 5.97 Å². The first-order valence-electron chi connectivity index (χ1n) is 11.9. The minimum absolute atomic E-state index is 0.0651. The second-order valence-electron chi connectivity index (χ2n) is 9.71. The maximum atomic E-state index is 10.7. The van der Waals surface area contributed by atoms with Crippen LogP contribution >= 0.6 is 0 Å². The smallest absolute Gasteiger partial charge is 0.329 e. The third-order valence-electron chi connectivity index (χ3n) is 6.45. The lowest BCUT2D eigenvalue weighted by Gasteiger charge is -2.34. The monoisotopic (exact) mass is 456 g/mol. The van der Waals surface area contributed by atoms with Gasteiger partial charge in [-0.2, -0.15) is 0 Å². The fourth-order valence-corrected chi connectivity index (χ4v) is 4.17. The van der Waals surface area contributed by atoms with Crippen molar-refractivity contribution in [1.82, 2.24) is 0 Å². The highest BCUT2D eigenvalue weighted by molar-refractivity contribution is 5.68.